The molecule has 0 aliphatic carbocycles. The first-order chi connectivity index (χ1) is 15.1. The van der Waals surface area contributed by atoms with Crippen LogP contribution in [-0.4, -0.2) is 59.0 Å². The van der Waals surface area contributed by atoms with Gasteiger partial charge in [0.15, 0.2) is 9.84 Å². The molecule has 0 unspecified atom stereocenters. The maximum absolute atomic E-state index is 13.1. The van der Waals surface area contributed by atoms with Crippen molar-refractivity contribution in [2.75, 3.05) is 31.3 Å². The molecule has 9 nitrogen and oxygen atoms in total. The second-order valence-electron chi connectivity index (χ2n) is 7.27. The minimum Gasteiger partial charge on any atom is -0.462 e. The van der Waals surface area contributed by atoms with E-state index in [4.69, 9.17) is 4.74 Å². The van der Waals surface area contributed by atoms with Gasteiger partial charge in [0, 0.05) is 25.3 Å². The maximum atomic E-state index is 13.1. The lowest BCUT2D eigenvalue weighted by molar-refractivity contribution is -0.120. The van der Waals surface area contributed by atoms with Crippen LogP contribution in [0.25, 0.3) is 0 Å². The third-order valence-corrected chi connectivity index (χ3v) is 9.16. The summed E-state index contributed by atoms with van der Waals surface area (Å²) >= 11 is 1.21. The van der Waals surface area contributed by atoms with Crippen molar-refractivity contribution in [2.45, 2.75) is 29.6 Å². The zero-order valence-corrected chi connectivity index (χ0v) is 20.1. The quantitative estimate of drug-likeness (QED) is 0.578. The van der Waals surface area contributed by atoms with E-state index in [9.17, 15) is 26.4 Å². The molecule has 1 aromatic carbocycles. The summed E-state index contributed by atoms with van der Waals surface area (Å²) in [4.78, 5) is 24.2. The van der Waals surface area contributed by atoms with Crippen molar-refractivity contribution in [1.82, 2.24) is 4.31 Å². The molecule has 0 spiro atoms. The van der Waals surface area contributed by atoms with E-state index in [2.05, 4.69) is 5.32 Å². The maximum Gasteiger partial charge on any atom is 0.341 e. The number of rotatable bonds is 7. The van der Waals surface area contributed by atoms with Crippen molar-refractivity contribution >= 4 is 48.1 Å². The summed E-state index contributed by atoms with van der Waals surface area (Å²) in [5.41, 5.74) is 0.280. The molecule has 1 aliphatic rings. The van der Waals surface area contributed by atoms with E-state index < -0.39 is 31.7 Å². The lowest BCUT2D eigenvalue weighted by atomic mass is 9.97. The van der Waals surface area contributed by atoms with Gasteiger partial charge in [0.1, 0.15) is 9.90 Å². The molecular weight excluding hydrogens is 476 g/mol. The van der Waals surface area contributed by atoms with Gasteiger partial charge >= 0.3 is 5.97 Å². The van der Waals surface area contributed by atoms with E-state index in [1.54, 1.807) is 18.4 Å². The zero-order valence-electron chi connectivity index (χ0n) is 17.6. The molecule has 2 aromatic rings. The van der Waals surface area contributed by atoms with Crippen molar-refractivity contribution in [3.05, 3.63) is 41.3 Å². The topological polar surface area (TPSA) is 127 Å². The SMILES string of the molecule is CCOC(=O)c1ccsc1NC(=O)C1CCN(S(=O)(=O)c2ccccc2S(C)(=O)=O)CC1. The zero-order chi connectivity index (χ0) is 23.5. The molecule has 12 heteroatoms. The fourth-order valence-electron chi connectivity index (χ4n) is 3.46. The average Bonchev–Trinajstić information content (AvgIpc) is 3.21. The molecule has 0 bridgehead atoms. The third kappa shape index (κ3) is 5.20. The summed E-state index contributed by atoms with van der Waals surface area (Å²) in [7, 11) is -7.77. The van der Waals surface area contributed by atoms with Crippen LogP contribution in [0.15, 0.2) is 45.5 Å². The number of carbonyl (C=O) groups is 2. The molecule has 2 heterocycles. The number of sulfonamides is 1. The highest BCUT2D eigenvalue weighted by atomic mass is 32.2. The summed E-state index contributed by atoms with van der Waals surface area (Å²) in [6.45, 7) is 2.07. The average molecular weight is 501 g/mol. The smallest absolute Gasteiger partial charge is 0.341 e. The highest BCUT2D eigenvalue weighted by Gasteiger charge is 2.35. The predicted octanol–water partition coefficient (Wildman–Crippen LogP) is 2.37. The monoisotopic (exact) mass is 500 g/mol. The van der Waals surface area contributed by atoms with Crippen molar-refractivity contribution < 1.29 is 31.2 Å². The highest BCUT2D eigenvalue weighted by Crippen LogP contribution is 2.30. The Labute approximate surface area is 191 Å². The Morgan fingerprint density at radius 3 is 2.31 bits per heavy atom. The van der Waals surface area contributed by atoms with Gasteiger partial charge in [-0.3, -0.25) is 4.79 Å². The standard InChI is InChI=1S/C20H24N2O7S3/c1-3-29-20(24)15-10-13-30-19(15)21-18(23)14-8-11-22(12-9-14)32(27,28)17-7-5-4-6-16(17)31(2,25)26/h4-7,10,13-14H,3,8-9,11-12H2,1-2H3,(H,21,23). The molecular formula is C20H24N2O7S3. The summed E-state index contributed by atoms with van der Waals surface area (Å²) in [5.74, 6) is -1.26. The number of thiophene rings is 1. The summed E-state index contributed by atoms with van der Waals surface area (Å²) < 4.78 is 56.4. The van der Waals surface area contributed by atoms with Crippen LogP contribution in [0.4, 0.5) is 5.00 Å². The first kappa shape index (κ1) is 24.4. The van der Waals surface area contributed by atoms with Crippen molar-refractivity contribution in [2.24, 2.45) is 5.92 Å². The van der Waals surface area contributed by atoms with E-state index >= 15 is 0 Å². The highest BCUT2D eigenvalue weighted by molar-refractivity contribution is 7.93. The number of nitrogens with one attached hydrogen (secondary N) is 1. The fourth-order valence-corrected chi connectivity index (χ4v) is 7.31. The summed E-state index contributed by atoms with van der Waals surface area (Å²) in [5, 5.41) is 4.82. The first-order valence-corrected chi connectivity index (χ1v) is 14.1. The number of amides is 1. The number of anilines is 1. The van der Waals surface area contributed by atoms with Gasteiger partial charge in [0.2, 0.25) is 15.9 Å². The Hall–Kier alpha value is -2.28. The number of sulfone groups is 1. The molecule has 174 valence electrons. The van der Waals surface area contributed by atoms with Gasteiger partial charge in [-0.2, -0.15) is 4.31 Å². The molecule has 3 rings (SSSR count). The molecule has 0 saturated carbocycles. The van der Waals surface area contributed by atoms with Gasteiger partial charge in [-0.15, -0.1) is 11.3 Å². The van der Waals surface area contributed by atoms with Crippen LogP contribution >= 0.6 is 11.3 Å². The van der Waals surface area contributed by atoms with Crippen LogP contribution in [-0.2, 0) is 29.4 Å². The Morgan fingerprint density at radius 1 is 1.09 bits per heavy atom. The number of ether oxygens (including phenoxy) is 1. The van der Waals surface area contributed by atoms with Gasteiger partial charge in [-0.25, -0.2) is 21.6 Å². The van der Waals surface area contributed by atoms with Gasteiger partial charge in [-0.1, -0.05) is 12.1 Å². The van der Waals surface area contributed by atoms with Gasteiger partial charge in [-0.05, 0) is 43.3 Å². The number of nitrogens with zero attached hydrogens (tertiary/aromatic N) is 1. The van der Waals surface area contributed by atoms with Crippen LogP contribution in [0.1, 0.15) is 30.1 Å². The number of carbonyl (C=O) groups excluding carboxylic acids is 2. The first-order valence-electron chi connectivity index (χ1n) is 9.90. The Balaban J connectivity index is 1.69. The van der Waals surface area contributed by atoms with E-state index in [0.717, 1.165) is 6.26 Å². The predicted molar refractivity (Wildman–Crippen MR) is 120 cm³/mol. The summed E-state index contributed by atoms with van der Waals surface area (Å²) in [6, 6.07) is 7.07. The van der Waals surface area contributed by atoms with E-state index in [1.807, 2.05) is 0 Å². The number of piperidine rings is 1. The van der Waals surface area contributed by atoms with Gasteiger partial charge < -0.3 is 10.1 Å². The number of benzene rings is 1. The second-order valence-corrected chi connectivity index (χ2v) is 12.1. The Bertz CT molecular complexity index is 1210. The van der Waals surface area contributed by atoms with Gasteiger partial charge in [0.05, 0.1) is 17.1 Å². The summed E-state index contributed by atoms with van der Waals surface area (Å²) in [6.07, 6.45) is 1.51. The number of esters is 1. The molecule has 0 atom stereocenters. The largest absolute Gasteiger partial charge is 0.462 e. The molecule has 1 aliphatic heterocycles. The molecule has 0 radical (unpaired) electrons. The van der Waals surface area contributed by atoms with Gasteiger partial charge in [0.25, 0.3) is 0 Å². The second kappa shape index (κ2) is 9.69. The van der Waals surface area contributed by atoms with E-state index in [1.165, 1.54) is 39.9 Å². The lowest BCUT2D eigenvalue weighted by Crippen LogP contribution is -2.41. The molecule has 1 N–H and O–H groups in total. The number of hydrogen-bond acceptors (Lipinski definition) is 8. The van der Waals surface area contributed by atoms with Crippen molar-refractivity contribution in [3.8, 4) is 0 Å². The van der Waals surface area contributed by atoms with Crippen LogP contribution in [0.3, 0.4) is 0 Å². The fraction of sp³-hybridized carbons (Fsp3) is 0.400. The molecule has 1 amide bonds. The van der Waals surface area contributed by atoms with E-state index in [-0.39, 0.29) is 53.8 Å². The molecule has 1 fully saturated rings. The molecule has 1 aromatic heterocycles. The Morgan fingerprint density at radius 2 is 1.72 bits per heavy atom. The Kier molecular flexibility index (Phi) is 7.38. The molecule has 1 saturated heterocycles. The third-order valence-electron chi connectivity index (χ3n) is 5.09. The van der Waals surface area contributed by atoms with E-state index in [0.29, 0.717) is 5.00 Å². The van der Waals surface area contributed by atoms with Crippen LogP contribution in [0, 0.1) is 5.92 Å². The van der Waals surface area contributed by atoms with Crippen molar-refractivity contribution in [3.63, 3.8) is 0 Å². The normalized spacial score (nSPS) is 15.9. The molecule has 32 heavy (non-hydrogen) atoms. The van der Waals surface area contributed by atoms with Crippen molar-refractivity contribution in [1.29, 1.82) is 0 Å². The van der Waals surface area contributed by atoms with Crippen LogP contribution in [0.5, 0.6) is 0 Å². The lowest BCUT2D eigenvalue weighted by Gasteiger charge is -2.30. The van der Waals surface area contributed by atoms with Crippen LogP contribution < -0.4 is 5.32 Å². The minimum absolute atomic E-state index is 0.0771. The van der Waals surface area contributed by atoms with Crippen LogP contribution in [0.2, 0.25) is 0 Å². The number of hydrogen-bond donors (Lipinski definition) is 1. The minimum atomic E-state index is -4.04.